The Hall–Kier alpha value is -2.22. The van der Waals surface area contributed by atoms with Gasteiger partial charge in [0.25, 0.3) is 15.6 Å². The van der Waals surface area contributed by atoms with Gasteiger partial charge in [0.15, 0.2) is 5.78 Å². The van der Waals surface area contributed by atoms with Crippen LogP contribution in [0.15, 0.2) is 48.6 Å². The zero-order valence-corrected chi connectivity index (χ0v) is 30.3. The van der Waals surface area contributed by atoms with Crippen LogP contribution in [0, 0.1) is 0 Å². The molecule has 0 aromatic heterocycles. The number of ketones is 1. The van der Waals surface area contributed by atoms with Crippen LogP contribution in [0.25, 0.3) is 0 Å². The van der Waals surface area contributed by atoms with E-state index in [0.717, 1.165) is 0 Å². The van der Waals surface area contributed by atoms with Crippen molar-refractivity contribution in [1.29, 1.82) is 0 Å². The maximum atomic E-state index is 11.8. The van der Waals surface area contributed by atoms with Crippen molar-refractivity contribution >= 4 is 27.4 Å². The molecule has 0 heterocycles. The van der Waals surface area contributed by atoms with Crippen LogP contribution in [0.1, 0.15) is 37.0 Å². The Bertz CT molecular complexity index is 1210. The number of hydrogen-bond acceptors (Lipinski definition) is 12. The molecule has 0 saturated heterocycles. The molecule has 1 aromatic carbocycles. The summed E-state index contributed by atoms with van der Waals surface area (Å²) in [5.74, 6) is -0.0352. The molecule has 0 aliphatic rings. The van der Waals surface area contributed by atoms with Gasteiger partial charge in [-0.15, -0.1) is 0 Å². The first kappa shape index (κ1) is 43.8. The first-order valence-corrected chi connectivity index (χ1v) is 17.5. The predicted molar refractivity (Wildman–Crippen MR) is 171 cm³/mol. The summed E-state index contributed by atoms with van der Waals surface area (Å²) >= 11 is 0. The van der Waals surface area contributed by atoms with E-state index in [1.54, 1.807) is 31.2 Å². The highest BCUT2D eigenvalue weighted by Gasteiger charge is 2.15. The number of likely N-dealkylation sites (N-methyl/N-ethyl adjacent to an activating group) is 2. The summed E-state index contributed by atoms with van der Waals surface area (Å²) in [5.41, 5.74) is 1.30. The molecule has 46 heavy (non-hydrogen) atoms. The number of ether oxygens (including phenoxy) is 2. The number of Topliss-reactive ketones (excluding diaryl/α,β-unsaturated/α-hetero) is 1. The van der Waals surface area contributed by atoms with Crippen molar-refractivity contribution in [1.82, 2.24) is 0 Å². The first-order valence-electron chi connectivity index (χ1n) is 14.6. The van der Waals surface area contributed by atoms with Crippen LogP contribution in [0.5, 0.6) is 5.75 Å². The summed E-state index contributed by atoms with van der Waals surface area (Å²) in [7, 11) is 3.01. The summed E-state index contributed by atoms with van der Waals surface area (Å²) in [6.07, 6.45) is 1.16. The number of carbonyl (C=O) groups excluding carboxylic acids is 2. The third-order valence-electron chi connectivity index (χ3n) is 5.50. The molecular formula is C30H52N2O12P2. The van der Waals surface area contributed by atoms with Crippen molar-refractivity contribution in [2.24, 2.45) is 0 Å². The molecule has 1 aromatic rings. The van der Waals surface area contributed by atoms with E-state index in [-0.39, 0.29) is 44.4 Å². The zero-order valence-electron chi connectivity index (χ0n) is 28.5. The summed E-state index contributed by atoms with van der Waals surface area (Å²) in [6, 6.07) is 6.83. The van der Waals surface area contributed by atoms with Gasteiger partial charge in [-0.25, -0.2) is 4.79 Å². The van der Waals surface area contributed by atoms with Gasteiger partial charge in [-0.1, -0.05) is 13.2 Å². The lowest BCUT2D eigenvalue weighted by Crippen LogP contribution is -2.37. The van der Waals surface area contributed by atoms with E-state index in [9.17, 15) is 28.5 Å². The number of carbonyl (C=O) groups is 2. The van der Waals surface area contributed by atoms with E-state index in [1.807, 2.05) is 42.3 Å². The number of phosphoric ester groups is 2. The predicted octanol–water partition coefficient (Wildman–Crippen LogP) is 3.13. The van der Waals surface area contributed by atoms with Crippen molar-refractivity contribution in [2.75, 3.05) is 95.0 Å². The van der Waals surface area contributed by atoms with Crippen LogP contribution in [-0.4, -0.2) is 116 Å². The van der Waals surface area contributed by atoms with Crippen molar-refractivity contribution in [3.63, 3.8) is 0 Å². The fourth-order valence-electron chi connectivity index (χ4n) is 2.85. The fraction of sp³-hybridized carbons (Fsp3) is 0.600. The number of unbranched alkanes of at least 4 members (excludes halogenated alkanes) is 1. The minimum absolute atomic E-state index is 0.0375. The summed E-state index contributed by atoms with van der Waals surface area (Å²) in [4.78, 5) is 45.7. The topological polar surface area (TPSA) is 170 Å². The van der Waals surface area contributed by atoms with Crippen molar-refractivity contribution in [3.05, 3.63) is 54.1 Å². The van der Waals surface area contributed by atoms with Gasteiger partial charge in [0.05, 0.1) is 62.1 Å². The van der Waals surface area contributed by atoms with Crippen LogP contribution >= 0.6 is 15.6 Å². The highest BCUT2D eigenvalue weighted by atomic mass is 31.2. The van der Waals surface area contributed by atoms with Gasteiger partial charge in [0.1, 0.15) is 38.7 Å². The standard InChI is InChI=1S/C19H30NO6P.C11H22NO6P/c1-16(2)19(21)17-8-10-18(11-9-17)24-13-6-7-14-25-27(22,23)26-15-12-20(3,4)5;1-10(2)11(13)16-8-9-18-19(14,15)17-7-6-12(3,4)5/h8-11H,1,6-7,12-15H2,2-5H3;1,6-9H2,2-5H3. The van der Waals surface area contributed by atoms with Gasteiger partial charge >= 0.3 is 5.97 Å². The molecule has 0 fully saturated rings. The van der Waals surface area contributed by atoms with E-state index in [4.69, 9.17) is 13.8 Å². The third-order valence-corrected chi connectivity index (χ3v) is 7.49. The van der Waals surface area contributed by atoms with Gasteiger partial charge in [-0.05, 0) is 56.5 Å². The SMILES string of the molecule is C=C(C)C(=O)OCCOP(=O)([O-])OCC[N+](C)(C)C.C=C(C)C(=O)c1ccc(OCCCCOP(=O)([O-])OCC[N+](C)(C)C)cc1. The second-order valence-electron chi connectivity index (χ2n) is 12.4. The van der Waals surface area contributed by atoms with Crippen molar-refractivity contribution < 1.29 is 65.0 Å². The lowest BCUT2D eigenvalue weighted by atomic mass is 10.1. The van der Waals surface area contributed by atoms with E-state index in [0.29, 0.717) is 58.4 Å². The molecule has 0 bridgehead atoms. The molecule has 2 unspecified atom stereocenters. The number of hydrogen-bond donors (Lipinski definition) is 0. The number of quaternary nitrogens is 2. The van der Waals surface area contributed by atoms with Crippen LogP contribution in [0.3, 0.4) is 0 Å². The maximum Gasteiger partial charge on any atom is 0.333 e. The van der Waals surface area contributed by atoms with Crippen LogP contribution in [-0.2, 0) is 36.8 Å². The second-order valence-corrected chi connectivity index (χ2v) is 15.2. The van der Waals surface area contributed by atoms with Crippen molar-refractivity contribution in [3.8, 4) is 5.75 Å². The Kier molecular flexibility index (Phi) is 19.9. The van der Waals surface area contributed by atoms with Crippen LogP contribution in [0.2, 0.25) is 0 Å². The molecule has 16 heteroatoms. The molecule has 0 aliphatic heterocycles. The average Bonchev–Trinajstić information content (AvgIpc) is 2.91. The molecule has 0 saturated carbocycles. The van der Waals surface area contributed by atoms with E-state index in [2.05, 4.69) is 26.9 Å². The molecule has 14 nitrogen and oxygen atoms in total. The summed E-state index contributed by atoms with van der Waals surface area (Å²) in [5, 5.41) is 0. The minimum Gasteiger partial charge on any atom is -0.756 e. The first-order chi connectivity index (χ1) is 21.0. The van der Waals surface area contributed by atoms with Gasteiger partial charge < -0.3 is 46.3 Å². The maximum absolute atomic E-state index is 11.8. The normalized spacial score (nSPS) is 14.2. The van der Waals surface area contributed by atoms with E-state index in [1.165, 1.54) is 6.92 Å². The van der Waals surface area contributed by atoms with Gasteiger partial charge in [0, 0.05) is 11.1 Å². The minimum atomic E-state index is -4.34. The third kappa shape index (κ3) is 24.0. The Morgan fingerprint density at radius 3 is 1.54 bits per heavy atom. The molecule has 0 amide bonds. The van der Waals surface area contributed by atoms with E-state index < -0.39 is 21.6 Å². The second kappa shape index (κ2) is 20.9. The summed E-state index contributed by atoms with van der Waals surface area (Å²) in [6.45, 7) is 11.4. The zero-order chi connectivity index (χ0) is 35.6. The molecule has 0 N–H and O–H groups in total. The number of allylic oxidation sites excluding steroid dienone is 1. The highest BCUT2D eigenvalue weighted by molar-refractivity contribution is 7.46. The fourth-order valence-corrected chi connectivity index (χ4v) is 4.26. The molecule has 0 spiro atoms. The van der Waals surface area contributed by atoms with E-state index >= 15 is 0 Å². The molecule has 2 atom stereocenters. The van der Waals surface area contributed by atoms with Gasteiger partial charge in [0.2, 0.25) is 0 Å². The Labute approximate surface area is 273 Å². The van der Waals surface area contributed by atoms with Crippen LogP contribution in [0.4, 0.5) is 0 Å². The lowest BCUT2D eigenvalue weighted by molar-refractivity contribution is -0.870. The molecule has 0 aliphatic carbocycles. The molecule has 0 radical (unpaired) electrons. The van der Waals surface area contributed by atoms with Crippen LogP contribution < -0.4 is 14.5 Å². The average molecular weight is 695 g/mol. The van der Waals surface area contributed by atoms with Crippen molar-refractivity contribution in [2.45, 2.75) is 26.7 Å². The number of benzene rings is 1. The number of phosphoric acid groups is 2. The smallest absolute Gasteiger partial charge is 0.333 e. The Balaban J connectivity index is 0.000000939. The highest BCUT2D eigenvalue weighted by Crippen LogP contribution is 2.38. The molecular weight excluding hydrogens is 642 g/mol. The molecule has 1 rings (SSSR count). The van der Waals surface area contributed by atoms with Gasteiger partial charge in [-0.2, -0.15) is 0 Å². The monoisotopic (exact) mass is 694 g/mol. The largest absolute Gasteiger partial charge is 0.756 e. The van der Waals surface area contributed by atoms with Gasteiger partial charge in [-0.3, -0.25) is 13.9 Å². The summed E-state index contributed by atoms with van der Waals surface area (Å²) < 4.78 is 53.2. The quantitative estimate of drug-likeness (QED) is 0.0435. The molecule has 264 valence electrons. The number of esters is 1. The Morgan fingerprint density at radius 2 is 1.11 bits per heavy atom. The number of rotatable bonds is 22. The lowest BCUT2D eigenvalue weighted by Gasteiger charge is -2.27. The Morgan fingerprint density at radius 1 is 0.674 bits per heavy atom. The number of nitrogens with zero attached hydrogens (tertiary/aromatic N) is 2.